The van der Waals surface area contributed by atoms with Gasteiger partial charge in [-0.1, -0.05) is 25.0 Å². The van der Waals surface area contributed by atoms with Crippen LogP contribution in [-0.4, -0.2) is 141 Å². The van der Waals surface area contributed by atoms with Crippen LogP contribution >= 0.6 is 0 Å². The number of hydrogen-bond donors (Lipinski definition) is 4. The van der Waals surface area contributed by atoms with E-state index in [1.165, 1.54) is 51.6 Å². The summed E-state index contributed by atoms with van der Waals surface area (Å²) in [7, 11) is 4.44. The normalized spacial score (nSPS) is 25.6. The fraction of sp³-hybridized carbons (Fsp3) is 0.667. The van der Waals surface area contributed by atoms with Crippen molar-refractivity contribution in [2.75, 3.05) is 84.4 Å². The van der Waals surface area contributed by atoms with Gasteiger partial charge in [-0.25, -0.2) is 9.92 Å². The highest BCUT2D eigenvalue weighted by Crippen LogP contribution is 2.39. The molecule has 0 radical (unpaired) electrons. The van der Waals surface area contributed by atoms with E-state index < -0.39 is 17.9 Å². The molecule has 14 nitrogen and oxygen atoms in total. The first-order valence-electron chi connectivity index (χ1n) is 23.7. The van der Waals surface area contributed by atoms with Gasteiger partial charge in [0, 0.05) is 101 Å². The number of imide groups is 1. The quantitative estimate of drug-likeness (QED) is 0.0922. The average Bonchev–Trinajstić information content (AvgIpc) is 3.73. The number of halogens is 1. The van der Waals surface area contributed by atoms with Gasteiger partial charge in [-0.2, -0.15) is 5.11 Å². The summed E-state index contributed by atoms with van der Waals surface area (Å²) in [6.45, 7) is 12.6. The highest BCUT2D eigenvalue weighted by Gasteiger charge is 2.41. The molecule has 5 fully saturated rings. The Morgan fingerprint density at radius 3 is 2.33 bits per heavy atom. The minimum atomic E-state index is -0.820. The van der Waals surface area contributed by atoms with Crippen LogP contribution in [0.25, 0.3) is 0 Å². The smallest absolute Gasteiger partial charge is 0.254 e. The highest BCUT2D eigenvalue weighted by molar-refractivity contribution is 6.05. The van der Waals surface area contributed by atoms with Gasteiger partial charge in [0.25, 0.3) is 5.91 Å². The number of carbonyl (C=O) groups excluding carboxylic acids is 4. The Kier molecular flexibility index (Phi) is 16.3. The molecular weight excluding hydrogens is 800 g/mol. The molecule has 3 atom stereocenters. The van der Waals surface area contributed by atoms with E-state index in [0.29, 0.717) is 57.0 Å². The van der Waals surface area contributed by atoms with Crippen LogP contribution in [0.2, 0.25) is 0 Å². The van der Waals surface area contributed by atoms with Crippen LogP contribution in [0.1, 0.15) is 98.5 Å². The number of nitrogens with one attached hydrogen (secondary N) is 4. The van der Waals surface area contributed by atoms with Gasteiger partial charge in [0.1, 0.15) is 11.9 Å². The zero-order valence-electron chi connectivity index (χ0n) is 37.9. The molecule has 4 amide bonds. The molecule has 2 unspecified atom stereocenters. The van der Waals surface area contributed by atoms with Crippen LogP contribution in [0.4, 0.5) is 15.8 Å². The number of aryl methyl sites for hydroxylation is 1. The SMILES string of the molecule is Cc1cccc(F)c1CN1CC(C2CCC(N3CCN(CCCCCCNC(=O)C4CCN(c5ccc(N=N)c(C(=O)NC6CCC(=O)NC6=O)c5)CC4)CC3)CC2)[C@@H](N(C)C)C1. The Morgan fingerprint density at radius 2 is 1.63 bits per heavy atom. The summed E-state index contributed by atoms with van der Waals surface area (Å²) in [4.78, 5) is 62.3. The van der Waals surface area contributed by atoms with E-state index in [9.17, 15) is 23.6 Å². The summed E-state index contributed by atoms with van der Waals surface area (Å²) in [5, 5.41) is 11.6. The first kappa shape index (κ1) is 46.7. The lowest BCUT2D eigenvalue weighted by atomic mass is 9.75. The van der Waals surface area contributed by atoms with Gasteiger partial charge in [0.2, 0.25) is 17.7 Å². The van der Waals surface area contributed by atoms with Gasteiger partial charge in [0.05, 0.1) is 11.3 Å². The minimum Gasteiger partial charge on any atom is -0.371 e. The number of rotatable bonds is 17. The molecule has 1 saturated carbocycles. The van der Waals surface area contributed by atoms with Crippen molar-refractivity contribution in [2.24, 2.45) is 22.9 Å². The number of amides is 4. The molecule has 4 saturated heterocycles. The maximum Gasteiger partial charge on any atom is 0.254 e. The topological polar surface area (TPSA) is 157 Å². The molecule has 4 N–H and O–H groups in total. The van der Waals surface area contributed by atoms with Crippen molar-refractivity contribution in [3.8, 4) is 0 Å². The third-order valence-corrected chi connectivity index (χ3v) is 14.9. The standard InChI is InChI=1S/C48H71FN10O4/c1-33-9-8-10-41(49)39(33)30-57-31-40(44(32-57)55(2)3)34-11-13-36(14-12-34)59-27-25-56(26-28-59)22-7-5-4-6-21-51-46(61)35-19-23-58(24-20-35)37-15-16-42(54-50)38(29-37)47(62)52-43-17-18-45(60)53-48(43)63/h8-10,15-16,29,34-36,40,43-44,50H,4-7,11-14,17-28,30-32H2,1-3H3,(H,51,61)(H,52,62)(H,53,60,63)/t34?,36?,40?,43?,44-/m0/s1. The number of anilines is 1. The number of hydrogen-bond acceptors (Lipinski definition) is 11. The number of likely N-dealkylation sites (tertiary alicyclic amines) is 1. The molecular formula is C48H71FN10O4. The third-order valence-electron chi connectivity index (χ3n) is 14.9. The number of benzene rings is 2. The molecule has 15 heteroatoms. The second-order valence-electron chi connectivity index (χ2n) is 19.1. The summed E-state index contributed by atoms with van der Waals surface area (Å²) in [5.41, 5.74) is 10.6. The summed E-state index contributed by atoms with van der Waals surface area (Å²) < 4.78 is 14.7. The van der Waals surface area contributed by atoms with E-state index >= 15 is 0 Å². The van der Waals surface area contributed by atoms with Crippen molar-refractivity contribution >= 4 is 35.0 Å². The number of carbonyl (C=O) groups is 4. The molecule has 7 rings (SSSR count). The lowest BCUT2D eigenvalue weighted by Crippen LogP contribution is -2.52. The third kappa shape index (κ3) is 12.1. The van der Waals surface area contributed by atoms with Gasteiger partial charge >= 0.3 is 0 Å². The fourth-order valence-electron chi connectivity index (χ4n) is 11.0. The maximum atomic E-state index is 14.7. The number of unbranched alkanes of at least 4 members (excludes halogenated alkanes) is 3. The number of piperazine rings is 1. The van der Waals surface area contributed by atoms with Gasteiger partial charge in [0.15, 0.2) is 0 Å². The Balaban J connectivity index is 0.736. The molecule has 344 valence electrons. The predicted molar refractivity (Wildman–Crippen MR) is 242 cm³/mol. The summed E-state index contributed by atoms with van der Waals surface area (Å²) in [5.74, 6) is -0.0377. The van der Waals surface area contributed by atoms with Crippen molar-refractivity contribution in [1.29, 1.82) is 5.53 Å². The van der Waals surface area contributed by atoms with Crippen LogP contribution in [0.5, 0.6) is 0 Å². The molecule has 1 aliphatic carbocycles. The first-order chi connectivity index (χ1) is 30.5. The monoisotopic (exact) mass is 871 g/mol. The second kappa shape index (κ2) is 22.1. The maximum absolute atomic E-state index is 14.7. The van der Waals surface area contributed by atoms with E-state index in [4.69, 9.17) is 5.53 Å². The van der Waals surface area contributed by atoms with Gasteiger partial charge in [-0.05, 0) is 127 Å². The number of nitrogens with zero attached hydrogens (tertiary/aromatic N) is 6. The Hall–Kier alpha value is -4.31. The number of likely N-dealkylation sites (N-methyl/N-ethyl adjacent to an activating group) is 1. The summed E-state index contributed by atoms with van der Waals surface area (Å²) in [6, 6.07) is 11.0. The number of piperidine rings is 2. The van der Waals surface area contributed by atoms with Crippen molar-refractivity contribution in [3.05, 3.63) is 58.9 Å². The molecule has 63 heavy (non-hydrogen) atoms. The molecule has 0 bridgehead atoms. The fourth-order valence-corrected chi connectivity index (χ4v) is 11.0. The van der Waals surface area contributed by atoms with Crippen LogP contribution < -0.4 is 20.9 Å². The van der Waals surface area contributed by atoms with Crippen LogP contribution in [0, 0.1) is 36.0 Å². The van der Waals surface area contributed by atoms with Gasteiger partial charge in [-0.15, -0.1) is 0 Å². The summed E-state index contributed by atoms with van der Waals surface area (Å²) >= 11 is 0. The molecule has 2 aromatic rings. The van der Waals surface area contributed by atoms with E-state index in [0.717, 1.165) is 68.3 Å². The second-order valence-corrected chi connectivity index (χ2v) is 19.1. The first-order valence-corrected chi connectivity index (χ1v) is 23.7. The zero-order chi connectivity index (χ0) is 44.5. The van der Waals surface area contributed by atoms with Crippen molar-refractivity contribution < 1.29 is 23.6 Å². The van der Waals surface area contributed by atoms with Gasteiger partial charge in [-0.3, -0.25) is 34.3 Å². The zero-order valence-corrected chi connectivity index (χ0v) is 37.9. The molecule has 4 heterocycles. The van der Waals surface area contributed by atoms with Crippen LogP contribution in [-0.2, 0) is 20.9 Å². The van der Waals surface area contributed by atoms with Crippen molar-refractivity contribution in [2.45, 2.75) is 109 Å². The highest BCUT2D eigenvalue weighted by atomic mass is 19.1. The van der Waals surface area contributed by atoms with Crippen molar-refractivity contribution in [3.63, 3.8) is 0 Å². The minimum absolute atomic E-state index is 0.0516. The molecule has 4 aliphatic heterocycles. The van der Waals surface area contributed by atoms with Crippen molar-refractivity contribution in [1.82, 2.24) is 35.6 Å². The predicted octanol–water partition coefficient (Wildman–Crippen LogP) is 5.46. The van der Waals surface area contributed by atoms with Crippen LogP contribution in [0.3, 0.4) is 0 Å². The van der Waals surface area contributed by atoms with E-state index in [-0.39, 0.29) is 47.6 Å². The lowest BCUT2D eigenvalue weighted by Gasteiger charge is -2.43. The molecule has 0 spiro atoms. The average molecular weight is 871 g/mol. The molecule has 2 aromatic carbocycles. The van der Waals surface area contributed by atoms with Gasteiger partial charge < -0.3 is 25.3 Å². The summed E-state index contributed by atoms with van der Waals surface area (Å²) in [6.07, 6.45) is 11.4. The largest absolute Gasteiger partial charge is 0.371 e. The Bertz CT molecular complexity index is 1890. The Morgan fingerprint density at radius 1 is 0.889 bits per heavy atom. The molecule has 0 aromatic heterocycles. The van der Waals surface area contributed by atoms with E-state index in [1.54, 1.807) is 18.2 Å². The lowest BCUT2D eigenvalue weighted by molar-refractivity contribution is -0.134. The van der Waals surface area contributed by atoms with E-state index in [2.05, 4.69) is 59.7 Å². The van der Waals surface area contributed by atoms with E-state index in [1.807, 2.05) is 25.1 Å². The molecule has 5 aliphatic rings. The Labute approximate surface area is 373 Å². The van der Waals surface area contributed by atoms with Crippen LogP contribution in [0.15, 0.2) is 41.5 Å².